The van der Waals surface area contributed by atoms with E-state index in [0.29, 0.717) is 12.8 Å². The van der Waals surface area contributed by atoms with Crippen molar-refractivity contribution in [1.29, 1.82) is 0 Å². The first kappa shape index (κ1) is 22.0. The lowest BCUT2D eigenvalue weighted by Gasteiger charge is -2.11. The van der Waals surface area contributed by atoms with Crippen LogP contribution in [0.15, 0.2) is 0 Å². The van der Waals surface area contributed by atoms with Crippen molar-refractivity contribution in [1.82, 2.24) is 0 Å². The van der Waals surface area contributed by atoms with Crippen molar-refractivity contribution < 1.29 is 1.37 Å². The molecule has 0 saturated heterocycles. The molecule has 0 radical (unpaired) electrons. The minimum Gasteiger partial charge on any atom is -0.0654 e. The van der Waals surface area contributed by atoms with Crippen molar-refractivity contribution in [3.63, 3.8) is 0 Å². The average Bonchev–Trinajstić information content (AvgIpc) is 2.63. The average molecular weight is 341 g/mol. The van der Waals surface area contributed by atoms with Gasteiger partial charge in [-0.3, -0.25) is 0 Å². The van der Waals surface area contributed by atoms with Crippen LogP contribution in [-0.2, 0) is 0 Å². The van der Waals surface area contributed by atoms with Gasteiger partial charge in [-0.25, -0.2) is 0 Å². The van der Waals surface area contributed by atoms with Crippen molar-refractivity contribution in [3.05, 3.63) is 0 Å². The quantitative estimate of drug-likeness (QED) is 0.193. The highest BCUT2D eigenvalue weighted by Crippen LogP contribution is 2.19. The Balaban J connectivity index is 3.28. The van der Waals surface area contributed by atoms with E-state index in [-0.39, 0.29) is 0 Å². The molecular weight excluding hydrogens is 288 g/mol. The van der Waals surface area contributed by atoms with Crippen molar-refractivity contribution in [2.45, 2.75) is 149 Å². The summed E-state index contributed by atoms with van der Waals surface area (Å²) >= 11 is 0. The van der Waals surface area contributed by atoms with Gasteiger partial charge >= 0.3 is 0 Å². The third-order valence-electron chi connectivity index (χ3n) is 5.43. The van der Waals surface area contributed by atoms with E-state index in [1.165, 1.54) is 128 Å². The number of hydrogen-bond donors (Lipinski definition) is 0. The van der Waals surface area contributed by atoms with Gasteiger partial charge in [0.2, 0.25) is 0 Å². The second-order valence-electron chi connectivity index (χ2n) is 8.10. The second-order valence-corrected chi connectivity index (χ2v) is 8.10. The van der Waals surface area contributed by atoms with Gasteiger partial charge in [0.25, 0.3) is 0 Å². The summed E-state index contributed by atoms with van der Waals surface area (Å²) in [6, 6.07) is 0. The van der Waals surface area contributed by atoms with Crippen LogP contribution < -0.4 is 0 Å². The Morgan fingerprint density at radius 3 is 1.04 bits per heavy atom. The van der Waals surface area contributed by atoms with Gasteiger partial charge in [-0.15, -0.1) is 0 Å². The van der Waals surface area contributed by atoms with Crippen LogP contribution in [0.1, 0.15) is 151 Å². The van der Waals surface area contributed by atoms with Gasteiger partial charge in [-0.1, -0.05) is 149 Å². The SMILES string of the molecule is [3H]CC(CCCCCCCCCC)CCCCCCCCCCCC. The van der Waals surface area contributed by atoms with Gasteiger partial charge < -0.3 is 0 Å². The standard InChI is InChI=1S/C24H50/c1-4-6-8-10-12-14-15-17-19-21-23-24(3)22-20-18-16-13-11-9-7-5-2/h24H,4-23H2,1-3H3/i3T. The Morgan fingerprint density at radius 2 is 0.750 bits per heavy atom. The molecule has 0 aliphatic rings. The van der Waals surface area contributed by atoms with Crippen LogP contribution in [0.4, 0.5) is 0 Å². The summed E-state index contributed by atoms with van der Waals surface area (Å²) in [5, 5.41) is 0. The van der Waals surface area contributed by atoms with Crippen LogP contribution in [0.25, 0.3) is 0 Å². The smallest absolute Gasteiger partial charge is 0.0233 e. The third kappa shape index (κ3) is 20.0. The molecule has 0 N–H and O–H groups in total. The molecule has 0 aromatic rings. The van der Waals surface area contributed by atoms with Crippen LogP contribution >= 0.6 is 0 Å². The maximum Gasteiger partial charge on any atom is 0.0233 e. The summed E-state index contributed by atoms with van der Waals surface area (Å²) in [4.78, 5) is 0. The minimum atomic E-state index is 0.661. The molecule has 0 aliphatic carbocycles. The van der Waals surface area contributed by atoms with Gasteiger partial charge in [-0.05, 0) is 5.92 Å². The molecule has 0 bridgehead atoms. The van der Waals surface area contributed by atoms with Crippen LogP contribution in [0.2, 0.25) is 0 Å². The van der Waals surface area contributed by atoms with Crippen LogP contribution in [-0.4, -0.2) is 0 Å². The first-order chi connectivity index (χ1) is 12.3. The molecule has 0 spiro atoms. The zero-order valence-electron chi connectivity index (χ0n) is 18.4. The monoisotopic (exact) mass is 340 g/mol. The van der Waals surface area contributed by atoms with E-state index in [4.69, 9.17) is 1.37 Å². The van der Waals surface area contributed by atoms with Crippen molar-refractivity contribution in [3.8, 4) is 0 Å². The lowest BCUT2D eigenvalue weighted by Crippen LogP contribution is -1.95. The Bertz CT molecular complexity index is 226. The summed E-state index contributed by atoms with van der Waals surface area (Å²) in [5.41, 5.74) is 0. The van der Waals surface area contributed by atoms with E-state index in [1.54, 1.807) is 0 Å². The fourth-order valence-electron chi connectivity index (χ4n) is 3.63. The molecule has 0 saturated carbocycles. The summed E-state index contributed by atoms with van der Waals surface area (Å²) < 4.78 is 7.78. The van der Waals surface area contributed by atoms with E-state index in [1.807, 2.05) is 0 Å². The molecule has 0 heteroatoms. The van der Waals surface area contributed by atoms with E-state index in [2.05, 4.69) is 13.8 Å². The Labute approximate surface area is 157 Å². The van der Waals surface area contributed by atoms with Gasteiger partial charge in [0.05, 0.1) is 0 Å². The topological polar surface area (TPSA) is 0 Å². The molecule has 146 valence electrons. The van der Waals surface area contributed by atoms with E-state index in [0.717, 1.165) is 0 Å². The highest BCUT2D eigenvalue weighted by molar-refractivity contribution is 4.56. The van der Waals surface area contributed by atoms with Crippen molar-refractivity contribution in [2.75, 3.05) is 0 Å². The van der Waals surface area contributed by atoms with E-state index in [9.17, 15) is 0 Å². The van der Waals surface area contributed by atoms with Gasteiger partial charge in [0, 0.05) is 1.37 Å². The fraction of sp³-hybridized carbons (Fsp3) is 1.00. The molecule has 0 nitrogen and oxygen atoms in total. The first-order valence-corrected chi connectivity index (χ1v) is 11.6. The van der Waals surface area contributed by atoms with Crippen molar-refractivity contribution in [2.24, 2.45) is 5.92 Å². The molecule has 1 atom stereocenters. The lowest BCUT2D eigenvalue weighted by atomic mass is 9.95. The normalized spacial score (nSPS) is 13.2. The molecule has 0 amide bonds. The minimum absolute atomic E-state index is 0.661. The summed E-state index contributed by atoms with van der Waals surface area (Å²) in [5.74, 6) is 0.689. The van der Waals surface area contributed by atoms with Gasteiger partial charge in [0.1, 0.15) is 0 Å². The zero-order chi connectivity index (χ0) is 18.4. The Morgan fingerprint density at radius 1 is 0.458 bits per heavy atom. The maximum atomic E-state index is 7.78. The number of rotatable bonds is 20. The lowest BCUT2D eigenvalue weighted by molar-refractivity contribution is 0.430. The first-order valence-electron chi connectivity index (χ1n) is 12.3. The van der Waals surface area contributed by atoms with Crippen LogP contribution in [0, 0.1) is 5.92 Å². The molecule has 0 rings (SSSR count). The van der Waals surface area contributed by atoms with E-state index >= 15 is 0 Å². The molecule has 0 aliphatic heterocycles. The molecule has 0 aromatic heterocycles. The highest BCUT2D eigenvalue weighted by Gasteiger charge is 2.02. The molecule has 0 aromatic carbocycles. The molecule has 0 fully saturated rings. The molecule has 1 unspecified atom stereocenters. The fourth-order valence-corrected chi connectivity index (χ4v) is 3.63. The Kier molecular flexibility index (Phi) is 19.3. The van der Waals surface area contributed by atoms with E-state index < -0.39 is 0 Å². The maximum absolute atomic E-state index is 7.78. The molecule has 24 heavy (non-hydrogen) atoms. The third-order valence-corrected chi connectivity index (χ3v) is 5.43. The van der Waals surface area contributed by atoms with Crippen LogP contribution in [0.3, 0.4) is 0 Å². The Hall–Kier alpha value is 0. The predicted molar refractivity (Wildman–Crippen MR) is 113 cm³/mol. The van der Waals surface area contributed by atoms with Gasteiger partial charge in [0.15, 0.2) is 0 Å². The zero-order valence-corrected chi connectivity index (χ0v) is 17.4. The number of hydrogen-bond acceptors (Lipinski definition) is 0. The van der Waals surface area contributed by atoms with Gasteiger partial charge in [-0.2, -0.15) is 0 Å². The summed E-state index contributed by atoms with van der Waals surface area (Å²) in [7, 11) is 0. The summed E-state index contributed by atoms with van der Waals surface area (Å²) in [6.45, 7) is 5.24. The van der Waals surface area contributed by atoms with Crippen LogP contribution in [0.5, 0.6) is 0 Å². The highest BCUT2D eigenvalue weighted by atomic mass is 14.1. The molecular formula is C24H50. The number of unbranched alkanes of at least 4 members (excludes halogenated alkanes) is 16. The summed E-state index contributed by atoms with van der Waals surface area (Å²) in [6.07, 6.45) is 28.1. The largest absolute Gasteiger partial charge is 0.0654 e. The van der Waals surface area contributed by atoms with Crippen molar-refractivity contribution >= 4 is 0 Å². The predicted octanol–water partition coefficient (Wildman–Crippen LogP) is 9.46. The molecule has 0 heterocycles. The second kappa shape index (κ2) is 21.0.